The third-order valence-electron chi connectivity index (χ3n) is 8.56. The van der Waals surface area contributed by atoms with E-state index in [2.05, 4.69) is 20.8 Å². The van der Waals surface area contributed by atoms with Gasteiger partial charge in [0.2, 0.25) is 5.60 Å². The minimum Gasteiger partial charge on any atom is -0.504 e. The lowest BCUT2D eigenvalue weighted by Gasteiger charge is -2.49. The van der Waals surface area contributed by atoms with Crippen molar-refractivity contribution >= 4 is 75.4 Å². The van der Waals surface area contributed by atoms with Crippen molar-refractivity contribution in [2.75, 3.05) is 16.8 Å². The summed E-state index contributed by atoms with van der Waals surface area (Å²) in [5.41, 5.74) is 6.19. The summed E-state index contributed by atoms with van der Waals surface area (Å²) in [4.78, 5) is 73.4. The summed E-state index contributed by atoms with van der Waals surface area (Å²) in [6.45, 7) is 2.99. The van der Waals surface area contributed by atoms with E-state index >= 15 is 0 Å². The number of oxime groups is 1. The highest BCUT2D eigenvalue weighted by Crippen LogP contribution is 2.41. The lowest BCUT2D eigenvalue weighted by atomic mass is 10.0. The van der Waals surface area contributed by atoms with Crippen LogP contribution in [0.5, 0.6) is 11.5 Å². The fourth-order valence-corrected chi connectivity index (χ4v) is 7.30. The smallest absolute Gasteiger partial charge is 0.352 e. The number of nitrogens with zero attached hydrogens (tertiary/aromatic N) is 4. The number of nitrogens with two attached hydrogens (primary N) is 1. The predicted molar refractivity (Wildman–Crippen MR) is 204 cm³/mol. The number of aromatic nitrogens is 2. The van der Waals surface area contributed by atoms with Crippen molar-refractivity contribution in [2.45, 2.75) is 37.4 Å². The number of benzene rings is 2. The first kappa shape index (κ1) is 39.0. The van der Waals surface area contributed by atoms with Gasteiger partial charge in [0.05, 0.1) is 5.69 Å². The lowest BCUT2D eigenvalue weighted by molar-refractivity contribution is -0.688. The summed E-state index contributed by atoms with van der Waals surface area (Å²) in [5.74, 6) is -5.13. The number of anilines is 2. The zero-order valence-corrected chi connectivity index (χ0v) is 31.2. The Morgan fingerprint density at radius 3 is 2.39 bits per heavy atom. The third kappa shape index (κ3) is 8.48. The molecule has 0 radical (unpaired) electrons. The molecule has 0 unspecified atom stereocenters. The van der Waals surface area contributed by atoms with E-state index in [-0.39, 0.29) is 33.6 Å². The molecule has 2 aromatic heterocycles. The van der Waals surface area contributed by atoms with E-state index in [9.17, 15) is 44.4 Å². The first-order chi connectivity index (χ1) is 26.6. The molecule has 8 N–H and O–H groups in total. The molecule has 17 nitrogen and oxygen atoms in total. The zero-order chi connectivity index (χ0) is 40.3. The number of rotatable bonds is 13. The van der Waals surface area contributed by atoms with Crippen molar-refractivity contribution in [1.29, 1.82) is 0 Å². The Morgan fingerprint density at radius 1 is 1.05 bits per heavy atom. The van der Waals surface area contributed by atoms with Crippen LogP contribution in [0.4, 0.5) is 10.8 Å². The molecule has 56 heavy (non-hydrogen) atoms. The number of hydrogen-bond acceptors (Lipinski definition) is 13. The number of thioether (sulfide) groups is 1. The van der Waals surface area contributed by atoms with Crippen molar-refractivity contribution in [3.05, 3.63) is 112 Å². The molecule has 2 aliphatic heterocycles. The van der Waals surface area contributed by atoms with Crippen molar-refractivity contribution in [3.8, 4) is 11.5 Å². The van der Waals surface area contributed by atoms with Crippen LogP contribution in [-0.4, -0.2) is 88.5 Å². The molecule has 19 heteroatoms. The number of carboxylic acid groups (broad SMARTS) is 2. The van der Waals surface area contributed by atoms with E-state index in [4.69, 9.17) is 10.6 Å². The third-order valence-corrected chi connectivity index (χ3v) is 10.5. The molecule has 1 saturated heterocycles. The number of aliphatic carboxylic acids is 2. The van der Waals surface area contributed by atoms with Crippen LogP contribution < -0.4 is 20.9 Å². The summed E-state index contributed by atoms with van der Waals surface area (Å²) in [6, 6.07) is 13.7. The molecule has 2 atom stereocenters. The second-order valence-electron chi connectivity index (χ2n) is 12.9. The number of aromatic hydroxyl groups is 2. The summed E-state index contributed by atoms with van der Waals surface area (Å²) in [6.07, 6.45) is 6.97. The molecule has 0 saturated carbocycles. The van der Waals surface area contributed by atoms with E-state index in [1.807, 2.05) is 28.8 Å². The summed E-state index contributed by atoms with van der Waals surface area (Å²) in [5, 5.41) is 48.5. The Balaban J connectivity index is 1.08. The second-order valence-corrected chi connectivity index (χ2v) is 14.9. The molecule has 2 aromatic carbocycles. The van der Waals surface area contributed by atoms with Gasteiger partial charge >= 0.3 is 11.9 Å². The Kier molecular flexibility index (Phi) is 11.1. The minimum absolute atomic E-state index is 0.00399. The quantitative estimate of drug-likeness (QED) is 0.0338. The van der Waals surface area contributed by atoms with Crippen molar-refractivity contribution in [3.63, 3.8) is 0 Å². The van der Waals surface area contributed by atoms with Gasteiger partial charge in [-0.05, 0) is 43.2 Å². The van der Waals surface area contributed by atoms with Gasteiger partial charge in [0.15, 0.2) is 41.3 Å². The fourth-order valence-electron chi connectivity index (χ4n) is 5.44. The maximum absolute atomic E-state index is 13.3. The predicted octanol–water partition coefficient (Wildman–Crippen LogP) is 2.76. The molecule has 0 spiro atoms. The SMILES string of the molecule is CC(C)(O/N=C(\C(=O)N[C@@H]1C(=O)N2C(C(=O)O)=C(/C=C/c3ccc(C[n+]4ccc(NC(=O)c5ccc(O)c(O)c5)cc4)cc3)CS[C@H]12)c1csc(N)n1)C(=O)O. The summed E-state index contributed by atoms with van der Waals surface area (Å²) < 4.78 is 1.91. The van der Waals surface area contributed by atoms with Crippen molar-refractivity contribution < 1.29 is 53.8 Å². The van der Waals surface area contributed by atoms with Gasteiger partial charge in [-0.1, -0.05) is 41.6 Å². The van der Waals surface area contributed by atoms with Gasteiger partial charge in [0.1, 0.15) is 22.8 Å². The van der Waals surface area contributed by atoms with Crippen LogP contribution in [0.1, 0.15) is 41.0 Å². The number of hydrogen-bond donors (Lipinski definition) is 7. The van der Waals surface area contributed by atoms with Crippen LogP contribution in [-0.2, 0) is 30.6 Å². The first-order valence-corrected chi connectivity index (χ1v) is 18.6. The second kappa shape index (κ2) is 15.9. The average molecular weight is 801 g/mol. The van der Waals surface area contributed by atoms with E-state index in [0.717, 1.165) is 27.4 Å². The minimum atomic E-state index is -1.79. The van der Waals surface area contributed by atoms with E-state index < -0.39 is 58.1 Å². The zero-order valence-electron chi connectivity index (χ0n) is 29.6. The van der Waals surface area contributed by atoms with Crippen LogP contribution in [0, 0.1) is 0 Å². The van der Waals surface area contributed by atoms with E-state index in [1.165, 1.54) is 49.2 Å². The number of fused-ring (bicyclic) bond motifs is 1. The number of β-lactam (4-membered cyclic amide) rings is 1. The van der Waals surface area contributed by atoms with Crippen LogP contribution in [0.15, 0.2) is 94.9 Å². The van der Waals surface area contributed by atoms with Gasteiger partial charge in [-0.25, -0.2) is 19.1 Å². The number of thiazole rings is 1. The van der Waals surface area contributed by atoms with E-state index in [0.29, 0.717) is 17.8 Å². The van der Waals surface area contributed by atoms with Gasteiger partial charge in [0, 0.05) is 34.4 Å². The summed E-state index contributed by atoms with van der Waals surface area (Å²) in [7, 11) is 0. The molecule has 288 valence electrons. The molecule has 1 fully saturated rings. The number of carbonyl (C=O) groups excluding carboxylic acids is 3. The van der Waals surface area contributed by atoms with Gasteiger partial charge in [-0.3, -0.25) is 19.3 Å². The van der Waals surface area contributed by atoms with Crippen molar-refractivity contribution in [2.24, 2.45) is 5.16 Å². The van der Waals surface area contributed by atoms with Gasteiger partial charge in [-0.2, -0.15) is 0 Å². The molecule has 4 heterocycles. The van der Waals surface area contributed by atoms with Gasteiger partial charge < -0.3 is 41.6 Å². The molecule has 4 aromatic rings. The number of phenolic OH excluding ortho intramolecular Hbond substituents is 2. The standard InChI is InChI=1S/C37H33N7O10S2/c1-37(2,35(52)53)54-42-27(24-18-56-36(38)40-24)31(48)41-28-32(49)44-29(34(50)51)22(17-55-33(28)44)8-7-19-3-5-20(6-4-19)16-43-13-11-23(12-14-43)39-30(47)21-9-10-25(45)26(46)15-21/h3-15,18,28,33H,16-17H2,1-2H3,(H7,38,40,41,42,45,46,47,48,50,51,52,53)/p+1/b8-7+/t28-,33-/m1/s1. The Labute approximate surface area is 326 Å². The van der Waals surface area contributed by atoms with Gasteiger partial charge in [0.25, 0.3) is 17.7 Å². The number of amides is 3. The molecule has 2 aliphatic rings. The Bertz CT molecular complexity index is 2320. The lowest BCUT2D eigenvalue weighted by Crippen LogP contribution is -2.71. The number of allylic oxidation sites excluding steroid dienone is 1. The normalized spacial score (nSPS) is 16.9. The molecular weight excluding hydrogens is 767 g/mol. The fraction of sp³-hybridized carbons (Fsp3) is 0.189. The number of pyridine rings is 1. The highest BCUT2D eigenvalue weighted by molar-refractivity contribution is 8.00. The molecule has 0 aliphatic carbocycles. The van der Waals surface area contributed by atoms with E-state index in [1.54, 1.807) is 36.7 Å². The Hall–Kier alpha value is -6.73. The first-order valence-electron chi connectivity index (χ1n) is 16.6. The molecular formula is C37H34N7O10S2+. The number of nitrogen functional groups attached to an aromatic ring is 1. The van der Waals surface area contributed by atoms with Gasteiger partial charge in [-0.15, -0.1) is 23.1 Å². The number of carbonyl (C=O) groups is 5. The number of nitrogens with one attached hydrogen (secondary N) is 2. The van der Waals surface area contributed by atoms with Crippen LogP contribution in [0.25, 0.3) is 6.08 Å². The van der Waals surface area contributed by atoms with Crippen LogP contribution >= 0.6 is 23.1 Å². The molecule has 6 rings (SSSR count). The van der Waals surface area contributed by atoms with Crippen LogP contribution in [0.2, 0.25) is 0 Å². The summed E-state index contributed by atoms with van der Waals surface area (Å²) >= 11 is 2.27. The Morgan fingerprint density at radius 2 is 1.77 bits per heavy atom. The number of carboxylic acids is 2. The van der Waals surface area contributed by atoms with Crippen molar-refractivity contribution in [1.82, 2.24) is 15.2 Å². The topological polar surface area (TPSA) is 258 Å². The molecule has 0 bridgehead atoms. The highest BCUT2D eigenvalue weighted by atomic mass is 32.2. The highest BCUT2D eigenvalue weighted by Gasteiger charge is 2.54. The maximum Gasteiger partial charge on any atom is 0.352 e. The molecule has 3 amide bonds. The van der Waals surface area contributed by atoms with Crippen LogP contribution in [0.3, 0.4) is 0 Å². The number of phenols is 2. The average Bonchev–Trinajstić information content (AvgIpc) is 3.60. The monoisotopic (exact) mass is 800 g/mol. The largest absolute Gasteiger partial charge is 0.504 e. The maximum atomic E-state index is 13.3.